The van der Waals surface area contributed by atoms with Gasteiger partial charge in [0.2, 0.25) is 0 Å². The molecule has 0 aromatic heterocycles. The largest absolute Gasteiger partial charge is 0.492 e. The SMILES string of the molecule is NC(=O)c1cc(CNC(=O)c2ccccc2)ccc1OCC1CCCCC1. The molecular weight excluding hydrogens is 340 g/mol. The van der Waals surface area contributed by atoms with Gasteiger partial charge in [-0.25, -0.2) is 0 Å². The molecule has 3 N–H and O–H groups in total. The molecule has 5 nitrogen and oxygen atoms in total. The first-order chi connectivity index (χ1) is 13.1. The summed E-state index contributed by atoms with van der Waals surface area (Å²) in [7, 11) is 0. The van der Waals surface area contributed by atoms with Crippen LogP contribution in [-0.2, 0) is 6.54 Å². The van der Waals surface area contributed by atoms with Crippen LogP contribution in [0.15, 0.2) is 48.5 Å². The normalized spacial score (nSPS) is 14.5. The maximum absolute atomic E-state index is 12.2. The highest BCUT2D eigenvalue weighted by Gasteiger charge is 2.16. The number of carbonyl (C=O) groups excluding carboxylic acids is 2. The third-order valence-corrected chi connectivity index (χ3v) is 5.00. The van der Waals surface area contributed by atoms with Crippen molar-refractivity contribution in [2.24, 2.45) is 11.7 Å². The fraction of sp³-hybridized carbons (Fsp3) is 0.364. The number of primary amides is 1. The Morgan fingerprint density at radius 1 is 1.04 bits per heavy atom. The maximum atomic E-state index is 12.2. The van der Waals surface area contributed by atoms with Crippen molar-refractivity contribution in [2.75, 3.05) is 6.61 Å². The van der Waals surface area contributed by atoms with Crippen molar-refractivity contribution < 1.29 is 14.3 Å². The van der Waals surface area contributed by atoms with Gasteiger partial charge in [-0.2, -0.15) is 0 Å². The van der Waals surface area contributed by atoms with Crippen LogP contribution < -0.4 is 15.8 Å². The van der Waals surface area contributed by atoms with Crippen LogP contribution in [0.4, 0.5) is 0 Å². The lowest BCUT2D eigenvalue weighted by molar-refractivity contribution is 0.0950. The summed E-state index contributed by atoms with van der Waals surface area (Å²) in [4.78, 5) is 24.0. The molecule has 1 aliphatic carbocycles. The lowest BCUT2D eigenvalue weighted by atomic mass is 9.90. The molecule has 0 unspecified atom stereocenters. The number of hydrogen-bond donors (Lipinski definition) is 2. The molecule has 1 aliphatic rings. The number of hydrogen-bond acceptors (Lipinski definition) is 3. The van der Waals surface area contributed by atoms with E-state index in [4.69, 9.17) is 10.5 Å². The minimum Gasteiger partial charge on any atom is -0.492 e. The number of carbonyl (C=O) groups is 2. The second-order valence-electron chi connectivity index (χ2n) is 7.06. The van der Waals surface area contributed by atoms with Crippen LogP contribution in [0.2, 0.25) is 0 Å². The molecule has 2 aromatic rings. The van der Waals surface area contributed by atoms with E-state index >= 15 is 0 Å². The fourth-order valence-electron chi connectivity index (χ4n) is 3.44. The molecule has 0 aliphatic heterocycles. The van der Waals surface area contributed by atoms with E-state index in [1.165, 1.54) is 32.1 Å². The van der Waals surface area contributed by atoms with Crippen molar-refractivity contribution in [2.45, 2.75) is 38.6 Å². The van der Waals surface area contributed by atoms with Gasteiger partial charge < -0.3 is 15.8 Å². The Balaban J connectivity index is 1.62. The van der Waals surface area contributed by atoms with Gasteiger partial charge in [0.05, 0.1) is 12.2 Å². The second kappa shape index (κ2) is 9.21. The van der Waals surface area contributed by atoms with E-state index in [1.807, 2.05) is 24.3 Å². The molecule has 5 heteroatoms. The Morgan fingerprint density at radius 2 is 1.78 bits per heavy atom. The first-order valence-electron chi connectivity index (χ1n) is 9.52. The van der Waals surface area contributed by atoms with E-state index in [-0.39, 0.29) is 5.91 Å². The topological polar surface area (TPSA) is 81.4 Å². The van der Waals surface area contributed by atoms with Gasteiger partial charge in [-0.3, -0.25) is 9.59 Å². The summed E-state index contributed by atoms with van der Waals surface area (Å²) in [5, 5.41) is 2.85. The van der Waals surface area contributed by atoms with Crippen LogP contribution in [0, 0.1) is 5.92 Å². The third-order valence-electron chi connectivity index (χ3n) is 5.00. The summed E-state index contributed by atoms with van der Waals surface area (Å²) in [5.74, 6) is 0.384. The average Bonchev–Trinajstić information content (AvgIpc) is 2.72. The summed E-state index contributed by atoms with van der Waals surface area (Å²) in [6.07, 6.45) is 6.14. The zero-order valence-electron chi connectivity index (χ0n) is 15.4. The maximum Gasteiger partial charge on any atom is 0.252 e. The molecule has 0 atom stereocenters. The summed E-state index contributed by atoms with van der Waals surface area (Å²) in [6.45, 7) is 0.932. The van der Waals surface area contributed by atoms with Gasteiger partial charge in [0.15, 0.2) is 0 Å². The third kappa shape index (κ3) is 5.33. The summed E-state index contributed by atoms with van der Waals surface area (Å²) in [5.41, 5.74) is 7.29. The monoisotopic (exact) mass is 366 g/mol. The van der Waals surface area contributed by atoms with Crippen molar-refractivity contribution in [3.8, 4) is 5.75 Å². The van der Waals surface area contributed by atoms with Crippen LogP contribution in [0.5, 0.6) is 5.75 Å². The molecule has 142 valence electrons. The summed E-state index contributed by atoms with van der Waals surface area (Å²) >= 11 is 0. The van der Waals surface area contributed by atoms with Crippen LogP contribution in [0.1, 0.15) is 58.4 Å². The predicted octanol–water partition coefficient (Wildman–Crippen LogP) is 3.67. The van der Waals surface area contributed by atoms with E-state index in [1.54, 1.807) is 24.3 Å². The smallest absolute Gasteiger partial charge is 0.252 e. The lowest BCUT2D eigenvalue weighted by Crippen LogP contribution is -2.23. The Morgan fingerprint density at radius 3 is 2.48 bits per heavy atom. The number of benzene rings is 2. The van der Waals surface area contributed by atoms with Gasteiger partial charge >= 0.3 is 0 Å². The van der Waals surface area contributed by atoms with E-state index in [0.29, 0.717) is 35.9 Å². The van der Waals surface area contributed by atoms with Crippen molar-refractivity contribution >= 4 is 11.8 Å². The van der Waals surface area contributed by atoms with E-state index < -0.39 is 5.91 Å². The van der Waals surface area contributed by atoms with Crippen molar-refractivity contribution in [3.05, 3.63) is 65.2 Å². The zero-order chi connectivity index (χ0) is 19.1. The first kappa shape index (κ1) is 19.0. The molecule has 0 spiro atoms. The van der Waals surface area contributed by atoms with Gasteiger partial charge in [-0.15, -0.1) is 0 Å². The van der Waals surface area contributed by atoms with Crippen LogP contribution in [0.3, 0.4) is 0 Å². The van der Waals surface area contributed by atoms with Crippen molar-refractivity contribution in [1.82, 2.24) is 5.32 Å². The standard InChI is InChI=1S/C22H26N2O3/c23-21(25)19-13-17(14-24-22(26)18-9-5-2-6-10-18)11-12-20(19)27-15-16-7-3-1-4-8-16/h2,5-6,9-13,16H,1,3-4,7-8,14-15H2,(H2,23,25)(H,24,26). The number of nitrogens with one attached hydrogen (secondary N) is 1. The van der Waals surface area contributed by atoms with Gasteiger partial charge in [0.1, 0.15) is 5.75 Å². The Kier molecular flexibility index (Phi) is 6.47. The zero-order valence-corrected chi connectivity index (χ0v) is 15.4. The fourth-order valence-corrected chi connectivity index (χ4v) is 3.44. The van der Waals surface area contributed by atoms with Crippen molar-refractivity contribution in [1.29, 1.82) is 0 Å². The average molecular weight is 366 g/mol. The van der Waals surface area contributed by atoms with Gasteiger partial charge in [0.25, 0.3) is 11.8 Å². The molecule has 1 saturated carbocycles. The Labute approximate surface area is 159 Å². The quantitative estimate of drug-likeness (QED) is 0.784. The number of ether oxygens (including phenoxy) is 1. The number of rotatable bonds is 7. The highest BCUT2D eigenvalue weighted by molar-refractivity contribution is 5.96. The molecule has 1 fully saturated rings. The molecule has 2 amide bonds. The highest BCUT2D eigenvalue weighted by Crippen LogP contribution is 2.26. The van der Waals surface area contributed by atoms with E-state index in [9.17, 15) is 9.59 Å². The Hall–Kier alpha value is -2.82. The lowest BCUT2D eigenvalue weighted by Gasteiger charge is -2.22. The molecule has 2 aromatic carbocycles. The number of amides is 2. The molecule has 0 bridgehead atoms. The first-order valence-corrected chi connectivity index (χ1v) is 9.52. The molecular formula is C22H26N2O3. The minimum atomic E-state index is -0.523. The molecule has 0 heterocycles. The van der Waals surface area contributed by atoms with Gasteiger partial charge in [-0.05, 0) is 48.6 Å². The van der Waals surface area contributed by atoms with Crippen LogP contribution in [-0.4, -0.2) is 18.4 Å². The molecule has 27 heavy (non-hydrogen) atoms. The van der Waals surface area contributed by atoms with E-state index in [0.717, 1.165) is 5.56 Å². The number of nitrogens with two attached hydrogens (primary N) is 1. The van der Waals surface area contributed by atoms with Gasteiger partial charge in [0, 0.05) is 12.1 Å². The molecule has 3 rings (SSSR count). The second-order valence-corrected chi connectivity index (χ2v) is 7.06. The predicted molar refractivity (Wildman–Crippen MR) is 105 cm³/mol. The summed E-state index contributed by atoms with van der Waals surface area (Å²) in [6, 6.07) is 14.3. The molecule has 0 saturated heterocycles. The highest BCUT2D eigenvalue weighted by atomic mass is 16.5. The minimum absolute atomic E-state index is 0.158. The van der Waals surface area contributed by atoms with E-state index in [2.05, 4.69) is 5.32 Å². The van der Waals surface area contributed by atoms with Gasteiger partial charge in [-0.1, -0.05) is 43.5 Å². The summed E-state index contributed by atoms with van der Waals surface area (Å²) < 4.78 is 5.90. The molecule has 0 radical (unpaired) electrons. The van der Waals surface area contributed by atoms with Crippen molar-refractivity contribution in [3.63, 3.8) is 0 Å². The Bertz CT molecular complexity index is 783. The van der Waals surface area contributed by atoms with Crippen LogP contribution >= 0.6 is 0 Å². The van der Waals surface area contributed by atoms with Crippen LogP contribution in [0.25, 0.3) is 0 Å².